The molecule has 2 aromatic carbocycles. The average Bonchev–Trinajstić information content (AvgIpc) is 2.69. The lowest BCUT2D eigenvalue weighted by Gasteiger charge is -2.11. The van der Waals surface area contributed by atoms with Crippen LogP contribution in [-0.2, 0) is 21.1 Å². The third-order valence-electron chi connectivity index (χ3n) is 3.60. The van der Waals surface area contributed by atoms with Gasteiger partial charge in [0.25, 0.3) is 0 Å². The van der Waals surface area contributed by atoms with Crippen LogP contribution >= 0.6 is 0 Å². The van der Waals surface area contributed by atoms with Gasteiger partial charge in [-0.25, -0.2) is 0 Å². The fourth-order valence-electron chi connectivity index (χ4n) is 2.32. The Morgan fingerprint density at radius 2 is 1.79 bits per heavy atom. The highest BCUT2D eigenvalue weighted by molar-refractivity contribution is 6.00. The summed E-state index contributed by atoms with van der Waals surface area (Å²) in [4.78, 5) is 19.0. The molecule has 146 valence electrons. The summed E-state index contributed by atoms with van der Waals surface area (Å²) in [5.74, 6) is 6.04. The van der Waals surface area contributed by atoms with E-state index in [9.17, 15) is 0 Å². The van der Waals surface area contributed by atoms with Crippen molar-refractivity contribution in [2.45, 2.75) is 27.4 Å². The van der Waals surface area contributed by atoms with Crippen molar-refractivity contribution in [2.24, 2.45) is 16.0 Å². The van der Waals surface area contributed by atoms with E-state index in [0.29, 0.717) is 12.3 Å². The van der Waals surface area contributed by atoms with Gasteiger partial charge in [0, 0.05) is 16.7 Å². The van der Waals surface area contributed by atoms with Crippen LogP contribution in [0.15, 0.2) is 58.8 Å². The molecule has 0 aliphatic carbocycles. The van der Waals surface area contributed by atoms with Gasteiger partial charge in [0.2, 0.25) is 6.41 Å². The molecular weight excluding hydrogens is 354 g/mol. The standard InChI is InChI=1S/C21H22N2O2.CH3NO/c1-16-9-8-12-20(18(3)23-24-4)21(16)15-25-22-17(2)13-14-19-10-6-5-7-11-19;2-1-3/h5-12H,15H2,1-4H3;1H,(H2,2,3)/b22-17+,23-18-;. The van der Waals surface area contributed by atoms with Gasteiger partial charge in [0.1, 0.15) is 19.4 Å². The number of benzene rings is 2. The number of hydrogen-bond acceptors (Lipinski definition) is 5. The summed E-state index contributed by atoms with van der Waals surface area (Å²) in [5, 5.41) is 8.10. The number of hydrogen-bond donors (Lipinski definition) is 1. The zero-order chi connectivity index (χ0) is 20.8. The molecule has 0 heterocycles. The first-order valence-electron chi connectivity index (χ1n) is 8.59. The Hall–Kier alpha value is -3.59. The number of oxime groups is 2. The topological polar surface area (TPSA) is 86.3 Å². The molecule has 0 bridgehead atoms. The Balaban J connectivity index is 0.00000122. The van der Waals surface area contributed by atoms with Crippen LogP contribution in [0.4, 0.5) is 0 Å². The quantitative estimate of drug-likeness (QED) is 0.374. The predicted octanol–water partition coefficient (Wildman–Crippen LogP) is 3.41. The van der Waals surface area contributed by atoms with Crippen LogP contribution in [0, 0.1) is 18.8 Å². The summed E-state index contributed by atoms with van der Waals surface area (Å²) in [6, 6.07) is 15.8. The average molecular weight is 379 g/mol. The second-order valence-electron chi connectivity index (χ2n) is 5.66. The maximum Gasteiger partial charge on any atom is 0.204 e. The molecular formula is C22H25N3O3. The molecule has 0 saturated carbocycles. The monoisotopic (exact) mass is 379 g/mol. The number of carbonyl (C=O) groups excluding carboxylic acids is 1. The fourth-order valence-corrected chi connectivity index (χ4v) is 2.32. The largest absolute Gasteiger partial charge is 0.399 e. The van der Waals surface area contributed by atoms with E-state index in [2.05, 4.69) is 27.9 Å². The highest BCUT2D eigenvalue weighted by atomic mass is 16.6. The summed E-state index contributed by atoms with van der Waals surface area (Å²) in [6.45, 7) is 6.12. The number of aryl methyl sites for hydroxylation is 1. The Kier molecular flexibility index (Phi) is 10.2. The minimum atomic E-state index is 0.250. The molecule has 0 atom stereocenters. The number of nitrogens with zero attached hydrogens (tertiary/aromatic N) is 2. The van der Waals surface area contributed by atoms with E-state index in [4.69, 9.17) is 14.5 Å². The first-order chi connectivity index (χ1) is 13.5. The highest BCUT2D eigenvalue weighted by Gasteiger charge is 2.09. The van der Waals surface area contributed by atoms with Gasteiger partial charge in [0.15, 0.2) is 0 Å². The molecule has 0 fully saturated rings. The Bertz CT molecular complexity index is 879. The number of carbonyl (C=O) groups is 1. The molecule has 0 saturated heterocycles. The van der Waals surface area contributed by atoms with Gasteiger partial charge in [-0.3, -0.25) is 4.79 Å². The molecule has 0 radical (unpaired) electrons. The van der Waals surface area contributed by atoms with E-state index in [-0.39, 0.29) is 6.41 Å². The Labute approximate surface area is 166 Å². The second-order valence-corrected chi connectivity index (χ2v) is 5.66. The molecule has 2 rings (SSSR count). The maximum atomic E-state index is 8.58. The van der Waals surface area contributed by atoms with E-state index in [1.807, 2.05) is 69.3 Å². The smallest absolute Gasteiger partial charge is 0.204 e. The lowest BCUT2D eigenvalue weighted by molar-refractivity contribution is -0.106. The number of rotatable bonds is 5. The molecule has 1 amide bonds. The minimum absolute atomic E-state index is 0.250. The zero-order valence-corrected chi connectivity index (χ0v) is 16.6. The van der Waals surface area contributed by atoms with Crippen LogP contribution < -0.4 is 5.73 Å². The van der Waals surface area contributed by atoms with Gasteiger partial charge in [0.05, 0.1) is 5.71 Å². The summed E-state index contributed by atoms with van der Waals surface area (Å²) >= 11 is 0. The van der Waals surface area contributed by atoms with Crippen molar-refractivity contribution >= 4 is 17.8 Å². The molecule has 28 heavy (non-hydrogen) atoms. The summed E-state index contributed by atoms with van der Waals surface area (Å²) in [6.07, 6.45) is 0.250. The van der Waals surface area contributed by atoms with E-state index in [1.165, 1.54) is 7.11 Å². The molecule has 2 aromatic rings. The summed E-state index contributed by atoms with van der Waals surface area (Å²) in [7, 11) is 1.54. The third-order valence-corrected chi connectivity index (χ3v) is 3.60. The van der Waals surface area contributed by atoms with Crippen molar-refractivity contribution in [1.29, 1.82) is 0 Å². The Morgan fingerprint density at radius 3 is 2.43 bits per heavy atom. The molecule has 0 unspecified atom stereocenters. The maximum absolute atomic E-state index is 8.58. The summed E-state index contributed by atoms with van der Waals surface area (Å²) in [5.41, 5.74) is 9.69. The van der Waals surface area contributed by atoms with E-state index >= 15 is 0 Å². The molecule has 0 aliphatic heterocycles. The van der Waals surface area contributed by atoms with Crippen LogP contribution in [0.3, 0.4) is 0 Å². The van der Waals surface area contributed by atoms with Crippen LogP contribution in [0.25, 0.3) is 0 Å². The van der Waals surface area contributed by atoms with Gasteiger partial charge in [-0.05, 0) is 44.4 Å². The van der Waals surface area contributed by atoms with Crippen LogP contribution in [0.5, 0.6) is 0 Å². The zero-order valence-electron chi connectivity index (χ0n) is 16.6. The molecule has 0 aromatic heterocycles. The van der Waals surface area contributed by atoms with Gasteiger partial charge in [-0.15, -0.1) is 0 Å². The predicted molar refractivity (Wildman–Crippen MR) is 112 cm³/mol. The number of amides is 1. The van der Waals surface area contributed by atoms with Crippen molar-refractivity contribution in [3.63, 3.8) is 0 Å². The molecule has 0 aliphatic rings. The van der Waals surface area contributed by atoms with E-state index in [0.717, 1.165) is 28.0 Å². The van der Waals surface area contributed by atoms with Gasteiger partial charge >= 0.3 is 0 Å². The van der Waals surface area contributed by atoms with E-state index in [1.54, 1.807) is 0 Å². The van der Waals surface area contributed by atoms with Gasteiger partial charge in [-0.1, -0.05) is 52.6 Å². The van der Waals surface area contributed by atoms with Crippen LogP contribution in [0.2, 0.25) is 0 Å². The number of primary amides is 1. The molecule has 0 spiro atoms. The van der Waals surface area contributed by atoms with Gasteiger partial charge < -0.3 is 15.4 Å². The van der Waals surface area contributed by atoms with Crippen molar-refractivity contribution in [3.8, 4) is 11.8 Å². The van der Waals surface area contributed by atoms with Crippen molar-refractivity contribution < 1.29 is 14.5 Å². The fraction of sp³-hybridized carbons (Fsp3) is 0.227. The first kappa shape index (κ1) is 22.5. The Morgan fingerprint density at radius 1 is 1.11 bits per heavy atom. The van der Waals surface area contributed by atoms with Crippen LogP contribution in [-0.4, -0.2) is 24.9 Å². The SMILES string of the molecule is CO/N=C(/C)c1cccc(C)c1CO/N=C(\C)C#Cc1ccccc1.NC=O. The first-order valence-corrected chi connectivity index (χ1v) is 8.59. The lowest BCUT2D eigenvalue weighted by atomic mass is 10.00. The third kappa shape index (κ3) is 7.75. The number of nitrogens with two attached hydrogens (primary N) is 1. The molecule has 6 heteroatoms. The second kappa shape index (κ2) is 12.7. The highest BCUT2D eigenvalue weighted by Crippen LogP contribution is 2.17. The molecule has 6 nitrogen and oxygen atoms in total. The minimum Gasteiger partial charge on any atom is -0.399 e. The normalized spacial score (nSPS) is 10.7. The molecule has 2 N–H and O–H groups in total. The van der Waals surface area contributed by atoms with Crippen molar-refractivity contribution in [1.82, 2.24) is 0 Å². The van der Waals surface area contributed by atoms with Gasteiger partial charge in [-0.2, -0.15) is 0 Å². The lowest BCUT2D eigenvalue weighted by Crippen LogP contribution is -2.05. The van der Waals surface area contributed by atoms with E-state index < -0.39 is 0 Å². The van der Waals surface area contributed by atoms with Crippen LogP contribution in [0.1, 0.15) is 36.1 Å². The van der Waals surface area contributed by atoms with Crippen molar-refractivity contribution in [2.75, 3.05) is 7.11 Å². The summed E-state index contributed by atoms with van der Waals surface area (Å²) < 4.78 is 0. The van der Waals surface area contributed by atoms with Crippen molar-refractivity contribution in [3.05, 3.63) is 70.8 Å².